The van der Waals surface area contributed by atoms with Gasteiger partial charge in [0, 0.05) is 12.0 Å². The summed E-state index contributed by atoms with van der Waals surface area (Å²) in [5.41, 5.74) is 7.08. The lowest BCUT2D eigenvalue weighted by Crippen LogP contribution is -2.43. The number of hydrogen-bond donors (Lipinski definition) is 4. The van der Waals surface area contributed by atoms with Crippen LogP contribution in [0.25, 0.3) is 5.57 Å². The van der Waals surface area contributed by atoms with Gasteiger partial charge in [-0.3, -0.25) is 14.4 Å². The predicted octanol–water partition coefficient (Wildman–Crippen LogP) is 2.50. The molecule has 150 valence electrons. The van der Waals surface area contributed by atoms with Crippen LogP contribution in [0.5, 0.6) is 5.75 Å². The highest BCUT2D eigenvalue weighted by molar-refractivity contribution is 6.22. The highest BCUT2D eigenvalue weighted by Crippen LogP contribution is 2.50. The maximum atomic E-state index is 13.2. The fourth-order valence-corrected chi connectivity index (χ4v) is 5.04. The third-order valence-corrected chi connectivity index (χ3v) is 6.23. The molecule has 0 saturated carbocycles. The van der Waals surface area contributed by atoms with E-state index in [0.717, 1.165) is 11.1 Å². The molecule has 0 heterocycles. The van der Waals surface area contributed by atoms with Gasteiger partial charge < -0.3 is 21.1 Å². The molecule has 0 fully saturated rings. The summed E-state index contributed by atoms with van der Waals surface area (Å²) in [5, 5.41) is 31.4. The minimum atomic E-state index is -1.10. The van der Waals surface area contributed by atoms with Gasteiger partial charge in [-0.1, -0.05) is 18.2 Å². The standard InChI is InChI=1S/C22H21NO6/c1-8(2)11-3-4-13(24)17-12(11)6-9-5-10-7-14(25)18(22(23)29)21(28)16(10)19(26)15(9)20(17)27/h3-4,9-10,16,24-26H,1,5-7H2,2H3,(H2,23,29). The van der Waals surface area contributed by atoms with Gasteiger partial charge in [-0.2, -0.15) is 0 Å². The van der Waals surface area contributed by atoms with Crippen molar-refractivity contribution in [3.63, 3.8) is 0 Å². The number of benzene rings is 1. The Bertz CT molecular complexity index is 1080. The van der Waals surface area contributed by atoms with E-state index in [2.05, 4.69) is 6.58 Å². The second kappa shape index (κ2) is 6.34. The van der Waals surface area contributed by atoms with E-state index in [-0.39, 0.29) is 35.0 Å². The number of hydrogen-bond acceptors (Lipinski definition) is 6. The smallest absolute Gasteiger partial charge is 0.255 e. The molecule has 1 aromatic carbocycles. The Morgan fingerprint density at radius 3 is 2.48 bits per heavy atom. The number of carbonyl (C=O) groups excluding carboxylic acids is 3. The molecule has 3 unspecified atom stereocenters. The first-order chi connectivity index (χ1) is 13.6. The second-order valence-electron chi connectivity index (χ2n) is 8.02. The van der Waals surface area contributed by atoms with Crippen LogP contribution in [0.15, 0.2) is 41.4 Å². The molecule has 1 aromatic rings. The Hall–Kier alpha value is -3.35. The zero-order valence-electron chi connectivity index (χ0n) is 15.9. The van der Waals surface area contributed by atoms with Gasteiger partial charge in [-0.25, -0.2) is 0 Å². The van der Waals surface area contributed by atoms with Crippen molar-refractivity contribution in [2.75, 3.05) is 0 Å². The highest BCUT2D eigenvalue weighted by Gasteiger charge is 2.50. The first-order valence-corrected chi connectivity index (χ1v) is 9.38. The summed E-state index contributed by atoms with van der Waals surface area (Å²) in [6.07, 6.45) is 0.793. The molecule has 7 nitrogen and oxygen atoms in total. The molecule has 3 atom stereocenters. The van der Waals surface area contributed by atoms with Gasteiger partial charge >= 0.3 is 0 Å². The van der Waals surface area contributed by atoms with Crippen LogP contribution >= 0.6 is 0 Å². The van der Waals surface area contributed by atoms with Crippen molar-refractivity contribution >= 4 is 23.0 Å². The summed E-state index contributed by atoms with van der Waals surface area (Å²) < 4.78 is 0. The Kier molecular flexibility index (Phi) is 4.15. The topological polar surface area (TPSA) is 138 Å². The van der Waals surface area contributed by atoms with Gasteiger partial charge in [0.15, 0.2) is 11.6 Å². The van der Waals surface area contributed by atoms with E-state index in [9.17, 15) is 29.7 Å². The first-order valence-electron chi connectivity index (χ1n) is 9.38. The van der Waals surface area contributed by atoms with Crippen molar-refractivity contribution in [2.45, 2.75) is 26.2 Å². The van der Waals surface area contributed by atoms with Crippen molar-refractivity contribution < 1.29 is 29.7 Å². The lowest BCUT2D eigenvalue weighted by molar-refractivity contribution is -0.126. The molecule has 0 spiro atoms. The van der Waals surface area contributed by atoms with E-state index in [1.54, 1.807) is 6.07 Å². The maximum absolute atomic E-state index is 13.2. The van der Waals surface area contributed by atoms with Crippen LogP contribution in [-0.2, 0) is 16.0 Å². The van der Waals surface area contributed by atoms with Crippen LogP contribution in [0.3, 0.4) is 0 Å². The first kappa shape index (κ1) is 19.0. The quantitative estimate of drug-likeness (QED) is 0.568. The number of nitrogens with two attached hydrogens (primary N) is 1. The van der Waals surface area contributed by atoms with E-state index in [0.29, 0.717) is 18.4 Å². The largest absolute Gasteiger partial charge is 0.511 e. The maximum Gasteiger partial charge on any atom is 0.255 e. The normalized spacial score (nSPS) is 26.0. The average molecular weight is 395 g/mol. The van der Waals surface area contributed by atoms with Gasteiger partial charge in [0.2, 0.25) is 0 Å². The zero-order valence-corrected chi connectivity index (χ0v) is 15.9. The zero-order chi connectivity index (χ0) is 21.2. The summed E-state index contributed by atoms with van der Waals surface area (Å²) in [6, 6.07) is 3.13. The number of aliphatic hydroxyl groups excluding tert-OH is 2. The van der Waals surface area contributed by atoms with Crippen LogP contribution in [0.1, 0.15) is 41.3 Å². The van der Waals surface area contributed by atoms with Crippen LogP contribution in [0.2, 0.25) is 0 Å². The molecule has 1 amide bonds. The number of rotatable bonds is 2. The molecule has 0 saturated heterocycles. The van der Waals surface area contributed by atoms with Crippen LogP contribution in [0, 0.1) is 17.8 Å². The van der Waals surface area contributed by atoms with E-state index in [1.807, 2.05) is 6.92 Å². The number of phenols is 1. The molecule has 0 aromatic heterocycles. The number of allylic oxidation sites excluding steroid dienone is 4. The number of amides is 1. The molecular formula is C22H21NO6. The minimum absolute atomic E-state index is 0.0248. The minimum Gasteiger partial charge on any atom is -0.511 e. The van der Waals surface area contributed by atoms with E-state index in [1.165, 1.54) is 6.07 Å². The number of aliphatic hydroxyl groups is 2. The predicted molar refractivity (Wildman–Crippen MR) is 104 cm³/mol. The van der Waals surface area contributed by atoms with Crippen molar-refractivity contribution in [3.8, 4) is 5.75 Å². The Morgan fingerprint density at radius 2 is 1.86 bits per heavy atom. The van der Waals surface area contributed by atoms with Crippen LogP contribution in [0.4, 0.5) is 0 Å². The SMILES string of the molecule is C=C(C)c1ccc(O)c2c1CC1CC3CC(O)=C(C(N)=O)C(=O)C3C(O)=C1C2=O. The van der Waals surface area contributed by atoms with Gasteiger partial charge in [0.05, 0.1) is 11.5 Å². The van der Waals surface area contributed by atoms with Gasteiger partial charge in [0.25, 0.3) is 5.91 Å². The summed E-state index contributed by atoms with van der Waals surface area (Å²) in [4.78, 5) is 37.6. The number of Topliss-reactive ketones (excluding diaryl/α,β-unsaturated/α-hetero) is 2. The van der Waals surface area contributed by atoms with E-state index < -0.39 is 40.6 Å². The van der Waals surface area contributed by atoms with Crippen molar-refractivity contribution in [3.05, 3.63) is 58.1 Å². The average Bonchev–Trinajstić information content (AvgIpc) is 2.60. The highest BCUT2D eigenvalue weighted by atomic mass is 16.3. The van der Waals surface area contributed by atoms with Crippen LogP contribution < -0.4 is 5.73 Å². The second-order valence-corrected chi connectivity index (χ2v) is 8.02. The Balaban J connectivity index is 1.88. The summed E-state index contributed by atoms with van der Waals surface area (Å²) in [5.74, 6) is -5.23. The van der Waals surface area contributed by atoms with Crippen molar-refractivity contribution in [1.29, 1.82) is 0 Å². The fourth-order valence-electron chi connectivity index (χ4n) is 5.04. The summed E-state index contributed by atoms with van der Waals surface area (Å²) >= 11 is 0. The monoisotopic (exact) mass is 395 g/mol. The number of carbonyl (C=O) groups is 3. The van der Waals surface area contributed by atoms with E-state index in [4.69, 9.17) is 5.73 Å². The van der Waals surface area contributed by atoms with Gasteiger partial charge in [-0.15, -0.1) is 0 Å². The molecule has 4 rings (SSSR count). The lowest BCUT2D eigenvalue weighted by atomic mass is 9.62. The number of fused-ring (bicyclic) bond motifs is 3. The Labute approximate surface area is 166 Å². The van der Waals surface area contributed by atoms with Gasteiger partial charge in [0.1, 0.15) is 22.8 Å². The van der Waals surface area contributed by atoms with E-state index >= 15 is 0 Å². The summed E-state index contributed by atoms with van der Waals surface area (Å²) in [6.45, 7) is 5.75. The summed E-state index contributed by atoms with van der Waals surface area (Å²) in [7, 11) is 0. The molecule has 5 N–H and O–H groups in total. The molecule has 3 aliphatic rings. The molecular weight excluding hydrogens is 374 g/mol. The number of ketones is 2. The van der Waals surface area contributed by atoms with Crippen molar-refractivity contribution in [1.82, 2.24) is 0 Å². The lowest BCUT2D eigenvalue weighted by Gasteiger charge is -2.41. The number of primary amides is 1. The Morgan fingerprint density at radius 1 is 1.17 bits per heavy atom. The molecule has 29 heavy (non-hydrogen) atoms. The number of phenolic OH excluding ortho intramolecular Hbond substituents is 1. The molecule has 0 aliphatic heterocycles. The van der Waals surface area contributed by atoms with Crippen LogP contribution in [-0.4, -0.2) is 32.8 Å². The molecule has 0 bridgehead atoms. The van der Waals surface area contributed by atoms with Gasteiger partial charge in [-0.05, 0) is 48.8 Å². The third-order valence-electron chi connectivity index (χ3n) is 6.23. The van der Waals surface area contributed by atoms with Crippen molar-refractivity contribution in [2.24, 2.45) is 23.5 Å². The molecule has 7 heteroatoms. The molecule has 0 radical (unpaired) electrons. The fraction of sp³-hybridized carbons (Fsp3) is 0.318. The number of aromatic hydroxyl groups is 1. The third kappa shape index (κ3) is 2.61. The molecule has 3 aliphatic carbocycles.